The van der Waals surface area contributed by atoms with Gasteiger partial charge in [-0.25, -0.2) is 8.42 Å². The minimum Gasteiger partial charge on any atom is -0.454 e. The van der Waals surface area contributed by atoms with Crippen LogP contribution in [0.15, 0.2) is 71.6 Å². The minimum absolute atomic E-state index is 0.169. The number of rotatable bonds is 5. The molecule has 0 spiro atoms. The number of hydrogen-bond acceptors (Lipinski definition) is 3. The summed E-state index contributed by atoms with van der Waals surface area (Å²) < 4.78 is 33.6. The summed E-state index contributed by atoms with van der Waals surface area (Å²) in [7, 11) is -3.75. The molecule has 134 valence electrons. The van der Waals surface area contributed by atoms with Gasteiger partial charge in [0, 0.05) is 5.02 Å². The molecule has 0 amide bonds. The Balaban J connectivity index is 1.91. The topological polar surface area (TPSA) is 55.4 Å². The third-order valence-electron chi connectivity index (χ3n) is 3.58. The van der Waals surface area contributed by atoms with Crippen LogP contribution in [0, 0.1) is 6.92 Å². The number of halogens is 2. The molecule has 0 aromatic heterocycles. The Morgan fingerprint density at radius 1 is 0.885 bits per heavy atom. The molecule has 0 radical (unpaired) electrons. The highest BCUT2D eigenvalue weighted by Gasteiger charge is 2.17. The smallest absolute Gasteiger partial charge is 0.262 e. The van der Waals surface area contributed by atoms with Crippen LogP contribution in [-0.2, 0) is 10.0 Å². The van der Waals surface area contributed by atoms with Crippen molar-refractivity contribution in [2.75, 3.05) is 4.72 Å². The van der Waals surface area contributed by atoms with Crippen molar-refractivity contribution in [2.24, 2.45) is 0 Å². The van der Waals surface area contributed by atoms with Gasteiger partial charge in [0.05, 0.1) is 15.6 Å². The zero-order chi connectivity index (χ0) is 18.7. The Hall–Kier alpha value is -2.21. The molecule has 1 N–H and O–H groups in total. The number of anilines is 1. The minimum atomic E-state index is -3.75. The Kier molecular flexibility index (Phi) is 5.41. The largest absolute Gasteiger partial charge is 0.454 e. The van der Waals surface area contributed by atoms with E-state index in [0.717, 1.165) is 5.56 Å². The summed E-state index contributed by atoms with van der Waals surface area (Å²) in [5.74, 6) is 0.699. The summed E-state index contributed by atoms with van der Waals surface area (Å²) >= 11 is 12.0. The Bertz CT molecular complexity index is 1030. The van der Waals surface area contributed by atoms with Crippen molar-refractivity contribution in [3.63, 3.8) is 0 Å². The molecule has 0 fully saturated rings. The number of para-hydroxylation sites is 2. The molecule has 0 unspecified atom stereocenters. The molecule has 7 heteroatoms. The zero-order valence-electron chi connectivity index (χ0n) is 13.7. The van der Waals surface area contributed by atoms with Gasteiger partial charge in [-0.15, -0.1) is 0 Å². The van der Waals surface area contributed by atoms with Crippen LogP contribution in [0.25, 0.3) is 0 Å². The number of benzene rings is 3. The number of ether oxygens (including phenoxy) is 1. The molecule has 0 saturated carbocycles. The lowest BCUT2D eigenvalue weighted by Crippen LogP contribution is -2.13. The monoisotopic (exact) mass is 407 g/mol. The molecule has 0 saturated heterocycles. The van der Waals surface area contributed by atoms with Gasteiger partial charge in [0.25, 0.3) is 10.0 Å². The first-order chi connectivity index (χ1) is 12.3. The lowest BCUT2D eigenvalue weighted by atomic mass is 10.2. The summed E-state index contributed by atoms with van der Waals surface area (Å²) in [6, 6.07) is 18.1. The fourth-order valence-corrected chi connectivity index (χ4v) is 3.75. The van der Waals surface area contributed by atoms with E-state index in [4.69, 9.17) is 27.9 Å². The van der Waals surface area contributed by atoms with Crippen LogP contribution < -0.4 is 9.46 Å². The molecule has 0 heterocycles. The number of nitrogens with one attached hydrogen (secondary N) is 1. The second kappa shape index (κ2) is 7.58. The summed E-state index contributed by atoms with van der Waals surface area (Å²) in [4.78, 5) is 0.169. The molecule has 3 rings (SSSR count). The summed E-state index contributed by atoms with van der Waals surface area (Å²) in [5, 5.41) is 0.810. The van der Waals surface area contributed by atoms with E-state index in [0.29, 0.717) is 27.2 Å². The molecular weight excluding hydrogens is 393 g/mol. The maximum atomic E-state index is 12.6. The second-order valence-electron chi connectivity index (χ2n) is 5.59. The normalized spacial score (nSPS) is 11.2. The Morgan fingerprint density at radius 2 is 1.58 bits per heavy atom. The van der Waals surface area contributed by atoms with Gasteiger partial charge in [-0.3, -0.25) is 4.72 Å². The Morgan fingerprint density at radius 3 is 2.27 bits per heavy atom. The van der Waals surface area contributed by atoms with Crippen molar-refractivity contribution in [3.8, 4) is 11.5 Å². The SMILES string of the molecule is Cc1ccc(S(=O)(=O)Nc2ccccc2Oc2ccc(Cl)cc2Cl)cc1. The van der Waals surface area contributed by atoms with Crippen LogP contribution in [0.4, 0.5) is 5.69 Å². The van der Waals surface area contributed by atoms with Crippen LogP contribution in [0.2, 0.25) is 10.0 Å². The van der Waals surface area contributed by atoms with Crippen molar-refractivity contribution in [1.82, 2.24) is 0 Å². The summed E-state index contributed by atoms with van der Waals surface area (Å²) in [5.41, 5.74) is 1.28. The first kappa shape index (κ1) is 18.6. The van der Waals surface area contributed by atoms with Gasteiger partial charge in [-0.2, -0.15) is 0 Å². The molecule has 0 bridgehead atoms. The lowest BCUT2D eigenvalue weighted by Gasteiger charge is -2.14. The third-order valence-corrected chi connectivity index (χ3v) is 5.49. The lowest BCUT2D eigenvalue weighted by molar-refractivity contribution is 0.485. The molecule has 3 aromatic carbocycles. The van der Waals surface area contributed by atoms with Crippen molar-refractivity contribution in [2.45, 2.75) is 11.8 Å². The van der Waals surface area contributed by atoms with Gasteiger partial charge in [0.2, 0.25) is 0 Å². The molecule has 0 aliphatic heterocycles. The fraction of sp³-hybridized carbons (Fsp3) is 0.0526. The second-order valence-corrected chi connectivity index (χ2v) is 8.12. The van der Waals surface area contributed by atoms with Gasteiger partial charge in [0.15, 0.2) is 5.75 Å². The number of aryl methyl sites for hydroxylation is 1. The number of hydrogen-bond donors (Lipinski definition) is 1. The maximum absolute atomic E-state index is 12.6. The Labute approximate surface area is 162 Å². The van der Waals surface area contributed by atoms with Crippen LogP contribution in [0.3, 0.4) is 0 Å². The molecule has 0 aliphatic carbocycles. The highest BCUT2D eigenvalue weighted by Crippen LogP contribution is 2.35. The maximum Gasteiger partial charge on any atom is 0.262 e. The first-order valence-corrected chi connectivity index (χ1v) is 9.90. The van der Waals surface area contributed by atoms with Crippen LogP contribution in [0.5, 0.6) is 11.5 Å². The average molecular weight is 408 g/mol. The number of sulfonamides is 1. The molecule has 26 heavy (non-hydrogen) atoms. The predicted molar refractivity (Wildman–Crippen MR) is 105 cm³/mol. The molecule has 0 atom stereocenters. The summed E-state index contributed by atoms with van der Waals surface area (Å²) in [6.45, 7) is 1.89. The highest BCUT2D eigenvalue weighted by molar-refractivity contribution is 7.92. The molecule has 3 aromatic rings. The first-order valence-electron chi connectivity index (χ1n) is 7.66. The van der Waals surface area contributed by atoms with E-state index >= 15 is 0 Å². The van der Waals surface area contributed by atoms with E-state index in [9.17, 15) is 8.42 Å². The standard InChI is InChI=1S/C19H15Cl2NO3S/c1-13-6-9-15(10-7-13)26(23,24)22-17-4-2-3-5-19(17)25-18-11-8-14(20)12-16(18)21/h2-12,22H,1H3. The third kappa shape index (κ3) is 4.30. The average Bonchev–Trinajstić information content (AvgIpc) is 2.59. The van der Waals surface area contributed by atoms with Crippen molar-refractivity contribution >= 4 is 38.9 Å². The van der Waals surface area contributed by atoms with Gasteiger partial charge >= 0.3 is 0 Å². The highest BCUT2D eigenvalue weighted by atomic mass is 35.5. The van der Waals surface area contributed by atoms with E-state index in [-0.39, 0.29) is 4.90 Å². The van der Waals surface area contributed by atoms with E-state index in [1.165, 1.54) is 0 Å². The van der Waals surface area contributed by atoms with E-state index in [2.05, 4.69) is 4.72 Å². The molecular formula is C19H15Cl2NO3S. The quantitative estimate of drug-likeness (QED) is 0.572. The van der Waals surface area contributed by atoms with Gasteiger partial charge in [0.1, 0.15) is 5.75 Å². The predicted octanol–water partition coefficient (Wildman–Crippen LogP) is 5.89. The molecule has 0 aliphatic rings. The van der Waals surface area contributed by atoms with Crippen molar-refractivity contribution in [3.05, 3.63) is 82.3 Å². The van der Waals surface area contributed by atoms with Gasteiger partial charge < -0.3 is 4.74 Å². The van der Waals surface area contributed by atoms with E-state index in [1.807, 2.05) is 6.92 Å². The van der Waals surface area contributed by atoms with Crippen molar-refractivity contribution in [1.29, 1.82) is 0 Å². The van der Waals surface area contributed by atoms with Crippen molar-refractivity contribution < 1.29 is 13.2 Å². The van der Waals surface area contributed by atoms with Crippen LogP contribution >= 0.6 is 23.2 Å². The van der Waals surface area contributed by atoms with E-state index in [1.54, 1.807) is 66.7 Å². The van der Waals surface area contributed by atoms with Gasteiger partial charge in [-0.05, 0) is 49.4 Å². The fourth-order valence-electron chi connectivity index (χ4n) is 2.24. The van der Waals surface area contributed by atoms with E-state index < -0.39 is 10.0 Å². The van der Waals surface area contributed by atoms with Gasteiger partial charge in [-0.1, -0.05) is 53.0 Å². The molecule has 4 nitrogen and oxygen atoms in total. The van der Waals surface area contributed by atoms with Crippen LogP contribution in [-0.4, -0.2) is 8.42 Å². The summed E-state index contributed by atoms with van der Waals surface area (Å²) in [6.07, 6.45) is 0. The zero-order valence-corrected chi connectivity index (χ0v) is 16.1. The van der Waals surface area contributed by atoms with Crippen LogP contribution in [0.1, 0.15) is 5.56 Å².